The quantitative estimate of drug-likeness (QED) is 0.161. The maximum Gasteiger partial charge on any atom is 0.331 e. The van der Waals surface area contributed by atoms with E-state index in [-0.39, 0.29) is 26.4 Å². The number of amides is 3. The minimum absolute atomic E-state index is 0.00147. The van der Waals surface area contributed by atoms with Crippen molar-refractivity contribution >= 4 is 23.9 Å². The second kappa shape index (κ2) is 15.4. The van der Waals surface area contributed by atoms with Crippen LogP contribution in [0.1, 0.15) is 52.4 Å². The zero-order valence-electron chi connectivity index (χ0n) is 21.6. The first-order valence-corrected chi connectivity index (χ1v) is 12.5. The Kier molecular flexibility index (Phi) is 12.7. The highest BCUT2D eigenvalue weighted by atomic mass is 17.1. The molecule has 2 rings (SSSR count). The molecule has 0 bridgehead atoms. The summed E-state index contributed by atoms with van der Waals surface area (Å²) in [5, 5.41) is 19.6. The molecule has 0 saturated carbocycles. The molecule has 13 heteroatoms. The molecule has 208 valence electrons. The van der Waals surface area contributed by atoms with Gasteiger partial charge in [-0.25, -0.2) is 14.5 Å². The fourth-order valence-corrected chi connectivity index (χ4v) is 4.04. The molecular formula is C24H38N4O9. The molecule has 37 heavy (non-hydrogen) atoms. The van der Waals surface area contributed by atoms with Gasteiger partial charge in [0.2, 0.25) is 5.91 Å². The van der Waals surface area contributed by atoms with Crippen LogP contribution in [0.15, 0.2) is 23.8 Å². The Labute approximate surface area is 216 Å². The van der Waals surface area contributed by atoms with E-state index in [9.17, 15) is 19.2 Å². The zero-order valence-corrected chi connectivity index (χ0v) is 21.6. The number of esters is 2. The number of ether oxygens (including phenoxy) is 2. The van der Waals surface area contributed by atoms with Crippen LogP contribution in [0.4, 0.5) is 4.79 Å². The SMILES string of the molecule is CCOC(=O)C(CCC1=CCCC=C1)NC(C)C(=O)N1C(=O)N(C)CC1C(=O)OCCCCON(O)O. The monoisotopic (exact) mass is 526 g/mol. The van der Waals surface area contributed by atoms with Crippen LogP contribution in [0.5, 0.6) is 0 Å². The van der Waals surface area contributed by atoms with Crippen molar-refractivity contribution in [1.29, 1.82) is 0 Å². The lowest BCUT2D eigenvalue weighted by atomic mass is 9.99. The van der Waals surface area contributed by atoms with Crippen molar-refractivity contribution in [3.8, 4) is 0 Å². The molecular weight excluding hydrogens is 488 g/mol. The number of hydrogen-bond acceptors (Lipinski definition) is 11. The molecule has 0 aromatic carbocycles. The first-order chi connectivity index (χ1) is 17.6. The number of urea groups is 1. The molecule has 13 nitrogen and oxygen atoms in total. The Bertz CT molecular complexity index is 861. The fraction of sp³-hybridized carbons (Fsp3) is 0.667. The van der Waals surface area contributed by atoms with Gasteiger partial charge in [-0.05, 0) is 52.4 Å². The second-order valence-electron chi connectivity index (χ2n) is 8.84. The number of imide groups is 1. The number of likely N-dealkylation sites (N-methyl/N-ethyl adjacent to an activating group) is 1. The van der Waals surface area contributed by atoms with Gasteiger partial charge in [0.25, 0.3) is 0 Å². The molecule has 1 aliphatic heterocycles. The molecule has 1 aliphatic carbocycles. The fourth-order valence-electron chi connectivity index (χ4n) is 4.04. The van der Waals surface area contributed by atoms with Crippen LogP contribution < -0.4 is 5.32 Å². The van der Waals surface area contributed by atoms with E-state index in [1.165, 1.54) is 18.9 Å². The maximum atomic E-state index is 13.3. The van der Waals surface area contributed by atoms with Gasteiger partial charge in [0.1, 0.15) is 6.04 Å². The van der Waals surface area contributed by atoms with Gasteiger partial charge in [0.15, 0.2) is 6.04 Å². The van der Waals surface area contributed by atoms with E-state index < -0.39 is 47.4 Å². The van der Waals surface area contributed by atoms with Crippen LogP contribution in [0.3, 0.4) is 0 Å². The number of hydrogen-bond donors (Lipinski definition) is 3. The second-order valence-corrected chi connectivity index (χ2v) is 8.84. The van der Waals surface area contributed by atoms with Crippen molar-refractivity contribution < 1.29 is 43.9 Å². The number of allylic oxidation sites excluding steroid dienone is 4. The predicted molar refractivity (Wildman–Crippen MR) is 129 cm³/mol. The van der Waals surface area contributed by atoms with E-state index in [2.05, 4.69) is 22.3 Å². The van der Waals surface area contributed by atoms with E-state index in [1.807, 2.05) is 6.08 Å². The third-order valence-electron chi connectivity index (χ3n) is 5.98. The van der Waals surface area contributed by atoms with Gasteiger partial charge in [0, 0.05) is 7.05 Å². The number of nitrogens with one attached hydrogen (secondary N) is 1. The van der Waals surface area contributed by atoms with Gasteiger partial charge in [0.05, 0.1) is 37.8 Å². The molecule has 1 fully saturated rings. The normalized spacial score (nSPS) is 19.1. The number of carbonyl (C=O) groups is 4. The average molecular weight is 527 g/mol. The average Bonchev–Trinajstić information content (AvgIpc) is 3.17. The largest absolute Gasteiger partial charge is 0.465 e. The lowest BCUT2D eigenvalue weighted by Gasteiger charge is -2.26. The molecule has 0 spiro atoms. The number of nitrogens with zero attached hydrogens (tertiary/aromatic N) is 3. The van der Waals surface area contributed by atoms with Crippen LogP contribution >= 0.6 is 0 Å². The van der Waals surface area contributed by atoms with Crippen molar-refractivity contribution in [3.63, 3.8) is 0 Å². The highest BCUT2D eigenvalue weighted by molar-refractivity contribution is 6.03. The molecule has 3 N–H and O–H groups in total. The molecule has 3 amide bonds. The van der Waals surface area contributed by atoms with Gasteiger partial charge in [-0.2, -0.15) is 0 Å². The summed E-state index contributed by atoms with van der Waals surface area (Å²) in [5.41, 5.74) is 1.11. The summed E-state index contributed by atoms with van der Waals surface area (Å²) in [6, 6.07) is -3.49. The zero-order chi connectivity index (χ0) is 27.4. The van der Waals surface area contributed by atoms with Crippen molar-refractivity contribution in [2.24, 2.45) is 0 Å². The minimum atomic E-state index is -1.13. The van der Waals surface area contributed by atoms with Crippen molar-refractivity contribution in [2.75, 3.05) is 33.4 Å². The van der Waals surface area contributed by atoms with Crippen LogP contribution in [0.2, 0.25) is 0 Å². The van der Waals surface area contributed by atoms with Gasteiger partial charge >= 0.3 is 18.0 Å². The lowest BCUT2D eigenvalue weighted by molar-refractivity contribution is -0.492. The van der Waals surface area contributed by atoms with Crippen molar-refractivity contribution in [1.82, 2.24) is 20.5 Å². The van der Waals surface area contributed by atoms with Gasteiger partial charge in [-0.15, -0.1) is 0 Å². The summed E-state index contributed by atoms with van der Waals surface area (Å²) in [4.78, 5) is 57.8. The number of carbonyl (C=O) groups excluding carboxylic acids is 4. The van der Waals surface area contributed by atoms with Crippen molar-refractivity contribution in [3.05, 3.63) is 23.8 Å². The molecule has 0 radical (unpaired) electrons. The molecule has 0 aromatic heterocycles. The third-order valence-corrected chi connectivity index (χ3v) is 5.98. The van der Waals surface area contributed by atoms with E-state index >= 15 is 0 Å². The smallest absolute Gasteiger partial charge is 0.331 e. The topological polar surface area (TPSA) is 158 Å². The van der Waals surface area contributed by atoms with E-state index in [0.29, 0.717) is 25.7 Å². The van der Waals surface area contributed by atoms with E-state index in [0.717, 1.165) is 23.3 Å². The predicted octanol–water partition coefficient (Wildman–Crippen LogP) is 1.55. The first kappa shape index (κ1) is 30.4. The Morgan fingerprint density at radius 3 is 2.57 bits per heavy atom. The Morgan fingerprint density at radius 2 is 1.92 bits per heavy atom. The summed E-state index contributed by atoms with van der Waals surface area (Å²) in [5.74, 6) is -1.87. The lowest BCUT2D eigenvalue weighted by Crippen LogP contribution is -2.55. The maximum absolute atomic E-state index is 13.3. The molecule has 1 saturated heterocycles. The van der Waals surface area contributed by atoms with Crippen LogP contribution in [0.25, 0.3) is 0 Å². The van der Waals surface area contributed by atoms with Gasteiger partial charge in [-0.3, -0.25) is 30.2 Å². The summed E-state index contributed by atoms with van der Waals surface area (Å²) < 4.78 is 10.4. The van der Waals surface area contributed by atoms with E-state index in [1.54, 1.807) is 6.92 Å². The van der Waals surface area contributed by atoms with Crippen LogP contribution in [-0.2, 0) is 28.7 Å². The summed E-state index contributed by atoms with van der Waals surface area (Å²) in [6.45, 7) is 3.40. The van der Waals surface area contributed by atoms with Crippen LogP contribution in [-0.4, -0.2) is 101 Å². The van der Waals surface area contributed by atoms with Gasteiger partial charge in [-0.1, -0.05) is 23.8 Å². The first-order valence-electron chi connectivity index (χ1n) is 12.5. The van der Waals surface area contributed by atoms with E-state index in [4.69, 9.17) is 19.9 Å². The summed E-state index contributed by atoms with van der Waals surface area (Å²) in [6.07, 6.45) is 9.91. The molecule has 3 unspecified atom stereocenters. The molecule has 3 atom stereocenters. The Balaban J connectivity index is 1.99. The Hall–Kier alpha value is -2.84. The molecule has 2 aliphatic rings. The Morgan fingerprint density at radius 1 is 1.19 bits per heavy atom. The highest BCUT2D eigenvalue weighted by Gasteiger charge is 2.46. The summed E-state index contributed by atoms with van der Waals surface area (Å²) in [7, 11) is 1.48. The molecule has 0 aromatic rings. The number of rotatable bonds is 15. The van der Waals surface area contributed by atoms with Crippen molar-refractivity contribution in [2.45, 2.75) is 70.5 Å². The van der Waals surface area contributed by atoms with Gasteiger partial charge < -0.3 is 14.4 Å². The molecule has 1 heterocycles. The summed E-state index contributed by atoms with van der Waals surface area (Å²) >= 11 is 0. The van der Waals surface area contributed by atoms with Crippen LogP contribution in [0, 0.1) is 0 Å². The minimum Gasteiger partial charge on any atom is -0.465 e. The standard InChI is InChI=1S/C24H38N4O9/c1-4-35-22(30)19(13-12-18-10-6-5-7-11-18)25-17(2)21(29)27-20(16-26(3)24(27)32)23(31)36-14-8-9-15-37-28(33)34/h6,10-11,17,19-20,25,33-34H,4-5,7-9,12-16H2,1-3H3. The third kappa shape index (κ3) is 9.52. The highest BCUT2D eigenvalue weighted by Crippen LogP contribution is 2.20. The number of unbranched alkanes of at least 4 members (excludes halogenated alkanes) is 1.